The van der Waals surface area contributed by atoms with Gasteiger partial charge in [-0.3, -0.25) is 9.59 Å². The molecule has 27 heavy (non-hydrogen) atoms. The third-order valence-corrected chi connectivity index (χ3v) is 3.75. The Labute approximate surface area is 157 Å². The van der Waals surface area contributed by atoms with Crippen LogP contribution in [0.2, 0.25) is 0 Å². The number of aryl methyl sites for hydroxylation is 1. The zero-order valence-electron chi connectivity index (χ0n) is 14.9. The monoisotopic (exact) mass is 364 g/mol. The van der Waals surface area contributed by atoms with Crippen LogP contribution in [0.25, 0.3) is 0 Å². The van der Waals surface area contributed by atoms with Gasteiger partial charge in [0, 0.05) is 5.69 Å². The number of anilines is 1. The van der Waals surface area contributed by atoms with Crippen molar-refractivity contribution in [1.29, 1.82) is 0 Å². The van der Waals surface area contributed by atoms with Crippen LogP contribution in [-0.4, -0.2) is 18.4 Å². The van der Waals surface area contributed by atoms with Gasteiger partial charge in [-0.25, -0.2) is 0 Å². The third-order valence-electron chi connectivity index (χ3n) is 3.75. The molecule has 1 aromatic heterocycles. The van der Waals surface area contributed by atoms with Crippen molar-refractivity contribution < 1.29 is 18.7 Å². The lowest BCUT2D eigenvalue weighted by Crippen LogP contribution is -2.32. The van der Waals surface area contributed by atoms with Gasteiger partial charge in [-0.2, -0.15) is 0 Å². The molecule has 3 rings (SSSR count). The number of rotatable bonds is 7. The van der Waals surface area contributed by atoms with E-state index in [1.54, 1.807) is 24.3 Å². The predicted molar refractivity (Wildman–Crippen MR) is 102 cm³/mol. The molecule has 0 aliphatic carbocycles. The summed E-state index contributed by atoms with van der Waals surface area (Å²) in [6, 6.07) is 19.9. The summed E-state index contributed by atoms with van der Waals surface area (Å²) >= 11 is 0. The molecule has 2 amide bonds. The van der Waals surface area contributed by atoms with E-state index in [0.717, 1.165) is 11.3 Å². The van der Waals surface area contributed by atoms with Gasteiger partial charge in [-0.05, 0) is 43.3 Å². The van der Waals surface area contributed by atoms with E-state index in [2.05, 4.69) is 10.6 Å². The first-order chi connectivity index (χ1) is 13.1. The van der Waals surface area contributed by atoms with Crippen molar-refractivity contribution >= 4 is 17.5 Å². The van der Waals surface area contributed by atoms with Gasteiger partial charge >= 0.3 is 0 Å². The summed E-state index contributed by atoms with van der Waals surface area (Å²) < 4.78 is 11.1. The molecule has 1 heterocycles. The fourth-order valence-corrected chi connectivity index (χ4v) is 2.34. The fraction of sp³-hybridized carbons (Fsp3) is 0.143. The van der Waals surface area contributed by atoms with Crippen LogP contribution in [0.15, 0.2) is 71.1 Å². The molecule has 0 unspecified atom stereocenters. The highest BCUT2D eigenvalue weighted by molar-refractivity contribution is 5.98. The van der Waals surface area contributed by atoms with Gasteiger partial charge in [0.1, 0.15) is 18.1 Å². The van der Waals surface area contributed by atoms with Gasteiger partial charge < -0.3 is 19.8 Å². The molecule has 2 N–H and O–H groups in total. The Morgan fingerprint density at radius 2 is 1.70 bits per heavy atom. The lowest BCUT2D eigenvalue weighted by Gasteiger charge is -2.06. The highest BCUT2D eigenvalue weighted by atomic mass is 16.5. The maximum absolute atomic E-state index is 12.1. The van der Waals surface area contributed by atoms with Gasteiger partial charge in [0.25, 0.3) is 5.91 Å². The summed E-state index contributed by atoms with van der Waals surface area (Å²) in [6.07, 6.45) is 0. The van der Waals surface area contributed by atoms with Crippen LogP contribution in [0, 0.1) is 6.92 Å². The molecule has 0 radical (unpaired) electrons. The summed E-state index contributed by atoms with van der Waals surface area (Å²) in [5.74, 6) is 0.601. The molecule has 0 spiro atoms. The Balaban J connectivity index is 1.46. The first-order valence-corrected chi connectivity index (χ1v) is 8.51. The van der Waals surface area contributed by atoms with E-state index in [4.69, 9.17) is 9.15 Å². The maximum atomic E-state index is 12.1. The van der Waals surface area contributed by atoms with Crippen LogP contribution in [-0.2, 0) is 11.4 Å². The van der Waals surface area contributed by atoms with Crippen LogP contribution in [0.5, 0.6) is 5.75 Å². The number of ether oxygens (including phenoxy) is 1. The molecule has 0 saturated heterocycles. The zero-order chi connectivity index (χ0) is 19.1. The Kier molecular flexibility index (Phi) is 5.89. The summed E-state index contributed by atoms with van der Waals surface area (Å²) in [4.78, 5) is 24.0. The number of hydrogen-bond acceptors (Lipinski definition) is 4. The third kappa shape index (κ3) is 5.47. The molecule has 0 aliphatic rings. The van der Waals surface area contributed by atoms with Crippen molar-refractivity contribution in [3.05, 3.63) is 83.8 Å². The second kappa shape index (κ2) is 8.71. The largest absolute Gasteiger partial charge is 0.486 e. The van der Waals surface area contributed by atoms with Crippen LogP contribution >= 0.6 is 0 Å². The number of hydrogen-bond donors (Lipinski definition) is 2. The predicted octanol–water partition coefficient (Wildman–Crippen LogP) is 3.54. The minimum atomic E-state index is -0.459. The van der Waals surface area contributed by atoms with Crippen LogP contribution in [0.1, 0.15) is 21.9 Å². The highest BCUT2D eigenvalue weighted by Gasteiger charge is 2.13. The van der Waals surface area contributed by atoms with Gasteiger partial charge in [0.05, 0.1) is 6.54 Å². The molecule has 6 heteroatoms. The molecular weight excluding hydrogens is 344 g/mol. The second-order valence-electron chi connectivity index (χ2n) is 5.96. The van der Waals surface area contributed by atoms with Crippen molar-refractivity contribution in [2.24, 2.45) is 0 Å². The van der Waals surface area contributed by atoms with E-state index in [1.165, 1.54) is 0 Å². The van der Waals surface area contributed by atoms with Gasteiger partial charge in [0.15, 0.2) is 5.76 Å². The van der Waals surface area contributed by atoms with Crippen molar-refractivity contribution in [1.82, 2.24) is 5.32 Å². The lowest BCUT2D eigenvalue weighted by atomic mass is 10.2. The van der Waals surface area contributed by atoms with E-state index in [9.17, 15) is 9.59 Å². The van der Waals surface area contributed by atoms with Gasteiger partial charge in [0.2, 0.25) is 5.91 Å². The van der Waals surface area contributed by atoms with Gasteiger partial charge in [-0.15, -0.1) is 0 Å². The normalized spacial score (nSPS) is 10.3. The van der Waals surface area contributed by atoms with Crippen molar-refractivity contribution in [3.8, 4) is 5.75 Å². The van der Waals surface area contributed by atoms with Crippen molar-refractivity contribution in [3.63, 3.8) is 0 Å². The van der Waals surface area contributed by atoms with Crippen molar-refractivity contribution in [2.75, 3.05) is 11.9 Å². The average Bonchev–Trinajstić information content (AvgIpc) is 3.16. The number of benzene rings is 2. The summed E-state index contributed by atoms with van der Waals surface area (Å²) in [7, 11) is 0. The lowest BCUT2D eigenvalue weighted by molar-refractivity contribution is -0.115. The SMILES string of the molecule is Cc1ccc(OCc2ccc(C(=O)NCC(=O)Nc3ccccc3)o2)cc1. The molecule has 138 valence electrons. The summed E-state index contributed by atoms with van der Waals surface area (Å²) in [5, 5.41) is 5.22. The maximum Gasteiger partial charge on any atom is 0.287 e. The number of amides is 2. The number of carbonyl (C=O) groups is 2. The van der Waals surface area contributed by atoms with Crippen LogP contribution in [0.3, 0.4) is 0 Å². The van der Waals surface area contributed by atoms with E-state index < -0.39 is 5.91 Å². The Hall–Kier alpha value is -3.54. The molecule has 0 atom stereocenters. The quantitative estimate of drug-likeness (QED) is 0.672. The Morgan fingerprint density at radius 1 is 0.963 bits per heavy atom. The van der Waals surface area contributed by atoms with Crippen LogP contribution < -0.4 is 15.4 Å². The molecule has 6 nitrogen and oxygen atoms in total. The molecule has 0 aliphatic heterocycles. The van der Waals surface area contributed by atoms with E-state index in [-0.39, 0.29) is 24.8 Å². The van der Waals surface area contributed by atoms with Crippen molar-refractivity contribution in [2.45, 2.75) is 13.5 Å². The van der Waals surface area contributed by atoms with Gasteiger partial charge in [-0.1, -0.05) is 35.9 Å². The summed E-state index contributed by atoms with van der Waals surface area (Å²) in [5.41, 5.74) is 1.82. The zero-order valence-corrected chi connectivity index (χ0v) is 14.9. The second-order valence-corrected chi connectivity index (χ2v) is 5.96. The van der Waals surface area contributed by atoms with E-state index in [0.29, 0.717) is 11.4 Å². The van der Waals surface area contributed by atoms with E-state index >= 15 is 0 Å². The number of nitrogens with one attached hydrogen (secondary N) is 2. The standard InChI is InChI=1S/C21H20N2O4/c1-15-7-9-17(10-8-15)26-14-18-11-12-19(27-18)21(25)22-13-20(24)23-16-5-3-2-4-6-16/h2-12H,13-14H2,1H3,(H,22,25)(H,23,24). The van der Waals surface area contributed by atoms with Crippen LogP contribution in [0.4, 0.5) is 5.69 Å². The first-order valence-electron chi connectivity index (χ1n) is 8.51. The molecular formula is C21H20N2O4. The molecule has 0 saturated carbocycles. The minimum Gasteiger partial charge on any atom is -0.486 e. The number of carbonyl (C=O) groups excluding carboxylic acids is 2. The number of furan rings is 1. The molecule has 3 aromatic rings. The topological polar surface area (TPSA) is 80.6 Å². The molecule has 0 bridgehead atoms. The average molecular weight is 364 g/mol. The minimum absolute atomic E-state index is 0.130. The summed E-state index contributed by atoms with van der Waals surface area (Å²) in [6.45, 7) is 2.07. The van der Waals surface area contributed by atoms with E-state index in [1.807, 2.05) is 49.4 Å². The Bertz CT molecular complexity index is 901. The fourth-order valence-electron chi connectivity index (χ4n) is 2.34. The smallest absolute Gasteiger partial charge is 0.287 e. The molecule has 2 aromatic carbocycles. The molecule has 0 fully saturated rings. The first kappa shape index (κ1) is 18.3. The Morgan fingerprint density at radius 3 is 2.44 bits per heavy atom. The highest BCUT2D eigenvalue weighted by Crippen LogP contribution is 2.15. The number of para-hydroxylation sites is 1.